The predicted octanol–water partition coefficient (Wildman–Crippen LogP) is 2.41. The summed E-state index contributed by atoms with van der Waals surface area (Å²) >= 11 is 1.75. The van der Waals surface area contributed by atoms with E-state index >= 15 is 0 Å². The first-order chi connectivity index (χ1) is 9.47. The van der Waals surface area contributed by atoms with Gasteiger partial charge < -0.3 is 15.3 Å². The van der Waals surface area contributed by atoms with Crippen molar-refractivity contribution >= 4 is 23.8 Å². The first-order valence-electron chi connectivity index (χ1n) is 7.25. The lowest BCUT2D eigenvalue weighted by molar-refractivity contribution is -0.148. The topological polar surface area (TPSA) is 69.6 Å². The highest BCUT2D eigenvalue weighted by atomic mass is 32.2. The fourth-order valence-electron chi connectivity index (χ4n) is 2.88. The molecule has 0 aliphatic carbocycles. The summed E-state index contributed by atoms with van der Waals surface area (Å²) < 4.78 is 0. The number of carboxylic acid groups (broad SMARTS) is 1. The van der Waals surface area contributed by atoms with Crippen LogP contribution in [0.5, 0.6) is 0 Å². The van der Waals surface area contributed by atoms with Crippen molar-refractivity contribution in [2.24, 2.45) is 5.92 Å². The van der Waals surface area contributed by atoms with Gasteiger partial charge in [0.25, 0.3) is 0 Å². The summed E-state index contributed by atoms with van der Waals surface area (Å²) in [4.78, 5) is 25.5. The number of aliphatic carboxylic acids is 1. The first kappa shape index (κ1) is 17.1. The highest BCUT2D eigenvalue weighted by Crippen LogP contribution is 2.34. The van der Waals surface area contributed by atoms with Crippen LogP contribution in [0.1, 0.15) is 39.5 Å². The monoisotopic (exact) mass is 302 g/mol. The summed E-state index contributed by atoms with van der Waals surface area (Å²) in [6.07, 6.45) is 4.65. The van der Waals surface area contributed by atoms with Crippen LogP contribution in [-0.2, 0) is 4.79 Å². The van der Waals surface area contributed by atoms with Crippen molar-refractivity contribution in [1.82, 2.24) is 10.2 Å². The zero-order chi connectivity index (χ0) is 15.2. The predicted molar refractivity (Wildman–Crippen MR) is 82.2 cm³/mol. The number of urea groups is 1. The average molecular weight is 302 g/mol. The maximum atomic E-state index is 12.3. The molecule has 1 rings (SSSR count). The van der Waals surface area contributed by atoms with Gasteiger partial charge in [-0.1, -0.05) is 20.3 Å². The lowest BCUT2D eigenvalue weighted by atomic mass is 9.91. The van der Waals surface area contributed by atoms with E-state index < -0.39 is 11.5 Å². The van der Waals surface area contributed by atoms with Crippen molar-refractivity contribution in [3.05, 3.63) is 0 Å². The third-order valence-electron chi connectivity index (χ3n) is 3.85. The number of thioether (sulfide) groups is 1. The number of hydrogen-bond donors (Lipinski definition) is 2. The number of carboxylic acids is 1. The highest BCUT2D eigenvalue weighted by Gasteiger charge is 2.49. The Morgan fingerprint density at radius 1 is 1.50 bits per heavy atom. The summed E-state index contributed by atoms with van der Waals surface area (Å²) in [6, 6.07) is -0.230. The number of hydrogen-bond acceptors (Lipinski definition) is 3. The molecule has 2 atom stereocenters. The second kappa shape index (κ2) is 7.76. The first-order valence-corrected chi connectivity index (χ1v) is 8.65. The van der Waals surface area contributed by atoms with Gasteiger partial charge in [0.15, 0.2) is 0 Å². The minimum atomic E-state index is -0.998. The summed E-state index contributed by atoms with van der Waals surface area (Å²) in [5, 5.41) is 12.4. The van der Waals surface area contributed by atoms with Gasteiger partial charge in [-0.15, -0.1) is 0 Å². The summed E-state index contributed by atoms with van der Waals surface area (Å²) in [5.41, 5.74) is -0.998. The van der Waals surface area contributed by atoms with Gasteiger partial charge in [-0.25, -0.2) is 9.59 Å². The Labute approximate surface area is 125 Å². The molecule has 0 aromatic rings. The molecule has 6 heteroatoms. The fraction of sp³-hybridized carbons (Fsp3) is 0.857. The molecule has 0 saturated carbocycles. The largest absolute Gasteiger partial charge is 0.479 e. The van der Waals surface area contributed by atoms with E-state index in [0.717, 1.165) is 18.6 Å². The van der Waals surface area contributed by atoms with Crippen LogP contribution in [0, 0.1) is 5.92 Å². The van der Waals surface area contributed by atoms with Gasteiger partial charge in [0.1, 0.15) is 5.54 Å². The third-order valence-corrected chi connectivity index (χ3v) is 4.75. The number of rotatable bonds is 7. The zero-order valence-corrected chi connectivity index (χ0v) is 13.5. The van der Waals surface area contributed by atoms with E-state index in [9.17, 15) is 14.7 Å². The highest BCUT2D eigenvalue weighted by molar-refractivity contribution is 7.98. The quantitative estimate of drug-likeness (QED) is 0.758. The Morgan fingerprint density at radius 3 is 2.75 bits per heavy atom. The van der Waals surface area contributed by atoms with Crippen LogP contribution in [0.3, 0.4) is 0 Å². The molecule has 1 fully saturated rings. The molecule has 1 aliphatic heterocycles. The molecule has 1 saturated heterocycles. The number of nitrogens with one attached hydrogen (secondary N) is 1. The molecule has 1 heterocycles. The Bertz CT molecular complexity index is 351. The van der Waals surface area contributed by atoms with Gasteiger partial charge in [0.05, 0.1) is 0 Å². The Hall–Kier alpha value is -0.910. The van der Waals surface area contributed by atoms with Gasteiger partial charge in [-0.2, -0.15) is 11.8 Å². The third kappa shape index (κ3) is 3.81. The van der Waals surface area contributed by atoms with Crippen LogP contribution in [0.15, 0.2) is 0 Å². The standard InChI is InChI=1S/C14H26N2O3S/c1-4-6-14(12(17)18)7-5-8-16(14)13(19)15-9-11(2)10-20-3/h11H,4-10H2,1-3H3,(H,15,19)(H,17,18). The van der Waals surface area contributed by atoms with Crippen molar-refractivity contribution in [2.75, 3.05) is 25.1 Å². The smallest absolute Gasteiger partial charge is 0.329 e. The van der Waals surface area contributed by atoms with E-state index in [1.54, 1.807) is 11.8 Å². The molecule has 116 valence electrons. The van der Waals surface area contributed by atoms with Crippen molar-refractivity contribution in [3.63, 3.8) is 0 Å². The number of nitrogens with zero attached hydrogens (tertiary/aromatic N) is 1. The van der Waals surface area contributed by atoms with Crippen LogP contribution in [0.25, 0.3) is 0 Å². The average Bonchev–Trinajstić information content (AvgIpc) is 2.82. The lowest BCUT2D eigenvalue weighted by Gasteiger charge is -2.34. The second-order valence-corrected chi connectivity index (χ2v) is 6.50. The van der Waals surface area contributed by atoms with Gasteiger partial charge in [0.2, 0.25) is 0 Å². The number of carbonyl (C=O) groups excluding carboxylic acids is 1. The Morgan fingerprint density at radius 2 is 2.20 bits per heavy atom. The van der Waals surface area contributed by atoms with Crippen molar-refractivity contribution in [2.45, 2.75) is 45.1 Å². The van der Waals surface area contributed by atoms with E-state index in [2.05, 4.69) is 12.2 Å². The fourth-order valence-corrected chi connectivity index (χ4v) is 3.56. The molecule has 0 bridgehead atoms. The van der Waals surface area contributed by atoms with E-state index in [-0.39, 0.29) is 6.03 Å². The summed E-state index contributed by atoms with van der Waals surface area (Å²) in [5.74, 6) is 0.505. The Balaban J connectivity index is 2.67. The van der Waals surface area contributed by atoms with Crippen LogP contribution >= 0.6 is 11.8 Å². The minimum absolute atomic E-state index is 0.230. The minimum Gasteiger partial charge on any atom is -0.479 e. The van der Waals surface area contributed by atoms with Gasteiger partial charge in [-0.05, 0) is 37.2 Å². The number of amides is 2. The zero-order valence-electron chi connectivity index (χ0n) is 12.6. The van der Waals surface area contributed by atoms with Crippen LogP contribution in [0.4, 0.5) is 4.79 Å². The molecule has 0 spiro atoms. The molecule has 0 aromatic heterocycles. The molecule has 0 radical (unpaired) electrons. The molecular weight excluding hydrogens is 276 g/mol. The molecule has 5 nitrogen and oxygen atoms in total. The van der Waals surface area contributed by atoms with E-state index in [1.165, 1.54) is 4.90 Å². The summed E-state index contributed by atoms with van der Waals surface area (Å²) in [7, 11) is 0. The molecule has 2 N–H and O–H groups in total. The van der Waals surface area contributed by atoms with Crippen LogP contribution in [-0.4, -0.2) is 52.6 Å². The van der Waals surface area contributed by atoms with Crippen LogP contribution in [0.2, 0.25) is 0 Å². The second-order valence-electron chi connectivity index (χ2n) is 5.59. The molecule has 0 aromatic carbocycles. The van der Waals surface area contributed by atoms with E-state index in [4.69, 9.17) is 0 Å². The van der Waals surface area contributed by atoms with Crippen LogP contribution < -0.4 is 5.32 Å². The van der Waals surface area contributed by atoms with Gasteiger partial charge >= 0.3 is 12.0 Å². The molecule has 20 heavy (non-hydrogen) atoms. The molecule has 2 unspecified atom stereocenters. The Kier molecular flexibility index (Phi) is 6.65. The lowest BCUT2D eigenvalue weighted by Crippen LogP contribution is -2.56. The normalized spacial score (nSPS) is 23.6. The number of likely N-dealkylation sites (tertiary alicyclic amines) is 1. The van der Waals surface area contributed by atoms with Crippen molar-refractivity contribution < 1.29 is 14.7 Å². The molecule has 1 aliphatic rings. The van der Waals surface area contributed by atoms with E-state index in [1.807, 2.05) is 13.2 Å². The summed E-state index contributed by atoms with van der Waals surface area (Å²) in [6.45, 7) is 5.17. The maximum absolute atomic E-state index is 12.3. The molecular formula is C14H26N2O3S. The van der Waals surface area contributed by atoms with Crippen molar-refractivity contribution in [1.29, 1.82) is 0 Å². The van der Waals surface area contributed by atoms with Gasteiger partial charge in [0, 0.05) is 13.1 Å². The molecule has 2 amide bonds. The van der Waals surface area contributed by atoms with E-state index in [0.29, 0.717) is 31.8 Å². The van der Waals surface area contributed by atoms with Crippen molar-refractivity contribution in [3.8, 4) is 0 Å². The SMILES string of the molecule is CCCC1(C(=O)O)CCCN1C(=O)NCC(C)CSC. The maximum Gasteiger partial charge on any atom is 0.329 e. The van der Waals surface area contributed by atoms with Gasteiger partial charge in [-0.3, -0.25) is 0 Å². The number of carbonyl (C=O) groups is 2.